The summed E-state index contributed by atoms with van der Waals surface area (Å²) in [5.41, 5.74) is 5.76. The first-order valence-electron chi connectivity index (χ1n) is 6.49. The zero-order valence-electron chi connectivity index (χ0n) is 11.5. The molecule has 1 saturated heterocycles. The van der Waals surface area contributed by atoms with Crippen molar-refractivity contribution in [3.8, 4) is 0 Å². The molecule has 1 heterocycles. The second-order valence-corrected chi connectivity index (χ2v) is 8.19. The predicted molar refractivity (Wildman–Crippen MR) is 82.8 cm³/mol. The Bertz CT molecular complexity index is 256. The fourth-order valence-corrected chi connectivity index (χ4v) is 3.82. The van der Waals surface area contributed by atoms with Crippen molar-refractivity contribution in [3.05, 3.63) is 0 Å². The summed E-state index contributed by atoms with van der Waals surface area (Å²) in [7, 11) is 0. The molecule has 0 radical (unpaired) electrons. The van der Waals surface area contributed by atoms with Gasteiger partial charge >= 0.3 is 0 Å². The third-order valence-corrected chi connectivity index (χ3v) is 5.22. The molecule has 17 heavy (non-hydrogen) atoms. The summed E-state index contributed by atoms with van der Waals surface area (Å²) in [5.74, 6) is 0. The fraction of sp³-hybridized carbons (Fsp3) is 0.923. The number of thioether (sulfide) groups is 1. The molecule has 2 N–H and O–H groups in total. The molecule has 1 rings (SSSR count). The molecule has 100 valence electrons. The lowest BCUT2D eigenvalue weighted by molar-refractivity contribution is 0.255. The van der Waals surface area contributed by atoms with Gasteiger partial charge in [0.2, 0.25) is 0 Å². The van der Waals surface area contributed by atoms with Crippen LogP contribution in [0.25, 0.3) is 0 Å². The molecule has 2 atom stereocenters. The van der Waals surface area contributed by atoms with E-state index in [1.165, 1.54) is 26.1 Å². The van der Waals surface area contributed by atoms with Crippen LogP contribution in [0.15, 0.2) is 0 Å². The minimum Gasteiger partial charge on any atom is -0.393 e. The Morgan fingerprint density at radius 2 is 1.88 bits per heavy atom. The smallest absolute Gasteiger partial charge is 0.0784 e. The summed E-state index contributed by atoms with van der Waals surface area (Å²) in [6.07, 6.45) is 2.28. The molecule has 4 heteroatoms. The number of hydrogen-bond donors (Lipinski definition) is 1. The van der Waals surface area contributed by atoms with E-state index < -0.39 is 0 Å². The van der Waals surface area contributed by atoms with Crippen molar-refractivity contribution in [1.82, 2.24) is 4.90 Å². The van der Waals surface area contributed by atoms with Gasteiger partial charge in [-0.3, -0.25) is 0 Å². The Balaban J connectivity index is 2.29. The summed E-state index contributed by atoms with van der Waals surface area (Å²) >= 11 is 7.21. The maximum Gasteiger partial charge on any atom is 0.0784 e. The van der Waals surface area contributed by atoms with E-state index in [1.54, 1.807) is 0 Å². The average Bonchev–Trinajstić information content (AvgIpc) is 2.15. The first kappa shape index (κ1) is 15.3. The van der Waals surface area contributed by atoms with Gasteiger partial charge in [0.05, 0.1) is 4.99 Å². The van der Waals surface area contributed by atoms with Crippen LogP contribution < -0.4 is 5.73 Å². The maximum absolute atomic E-state index is 5.75. The normalized spacial score (nSPS) is 27.1. The molecule has 0 aliphatic carbocycles. The molecular formula is C13H26N2S2. The molecule has 0 aromatic carbocycles. The van der Waals surface area contributed by atoms with Gasteiger partial charge in [-0.25, -0.2) is 0 Å². The molecule has 0 amide bonds. The van der Waals surface area contributed by atoms with Crippen molar-refractivity contribution < 1.29 is 0 Å². The van der Waals surface area contributed by atoms with Gasteiger partial charge in [-0.05, 0) is 19.4 Å². The minimum atomic E-state index is 0.0110. The van der Waals surface area contributed by atoms with Gasteiger partial charge in [-0.15, -0.1) is 0 Å². The number of nitrogens with zero attached hydrogens (tertiary/aromatic N) is 1. The lowest BCUT2D eigenvalue weighted by atomic mass is 9.88. The Kier molecular flexibility index (Phi) is 5.74. The number of nitrogens with two attached hydrogens (primary N) is 1. The first-order valence-corrected chi connectivity index (χ1v) is 7.84. The van der Waals surface area contributed by atoms with Crippen molar-refractivity contribution in [3.63, 3.8) is 0 Å². The molecule has 0 spiro atoms. The largest absolute Gasteiger partial charge is 0.393 e. The predicted octanol–water partition coefficient (Wildman–Crippen LogP) is 2.90. The van der Waals surface area contributed by atoms with E-state index in [0.29, 0.717) is 4.99 Å². The third-order valence-electron chi connectivity index (χ3n) is 3.44. The van der Waals surface area contributed by atoms with Crippen LogP contribution in [0.2, 0.25) is 0 Å². The third kappa shape index (κ3) is 5.14. The van der Waals surface area contributed by atoms with Gasteiger partial charge in [0.15, 0.2) is 0 Å². The van der Waals surface area contributed by atoms with Crippen LogP contribution in [0.1, 0.15) is 40.5 Å². The quantitative estimate of drug-likeness (QED) is 0.781. The van der Waals surface area contributed by atoms with Crippen LogP contribution in [0.4, 0.5) is 0 Å². The fourth-order valence-electron chi connectivity index (χ4n) is 2.33. The zero-order valence-corrected chi connectivity index (χ0v) is 13.2. The summed E-state index contributed by atoms with van der Waals surface area (Å²) in [5, 5.41) is 1.53. The van der Waals surface area contributed by atoms with E-state index in [1.807, 2.05) is 0 Å². The molecule has 0 saturated carbocycles. The summed E-state index contributed by atoms with van der Waals surface area (Å²) in [6.45, 7) is 12.6. The van der Waals surface area contributed by atoms with Gasteiger partial charge < -0.3 is 10.6 Å². The van der Waals surface area contributed by atoms with E-state index in [-0.39, 0.29) is 5.41 Å². The van der Waals surface area contributed by atoms with Crippen LogP contribution in [0.3, 0.4) is 0 Å². The van der Waals surface area contributed by atoms with Crippen LogP contribution in [0.5, 0.6) is 0 Å². The average molecular weight is 274 g/mol. The van der Waals surface area contributed by atoms with Crippen LogP contribution in [0, 0.1) is 5.41 Å². The number of hydrogen-bond acceptors (Lipinski definition) is 3. The van der Waals surface area contributed by atoms with Gasteiger partial charge in [0, 0.05) is 29.0 Å². The molecule has 2 nitrogen and oxygen atoms in total. The van der Waals surface area contributed by atoms with Gasteiger partial charge in [0.1, 0.15) is 0 Å². The highest BCUT2D eigenvalue weighted by Gasteiger charge is 2.24. The topological polar surface area (TPSA) is 29.3 Å². The second-order valence-electron chi connectivity index (χ2n) is 5.87. The Labute approximate surface area is 116 Å². The lowest BCUT2D eigenvalue weighted by Crippen LogP contribution is -2.41. The van der Waals surface area contributed by atoms with Crippen molar-refractivity contribution in [2.45, 2.75) is 51.0 Å². The van der Waals surface area contributed by atoms with Gasteiger partial charge in [-0.1, -0.05) is 39.9 Å². The van der Waals surface area contributed by atoms with Gasteiger partial charge in [0.25, 0.3) is 0 Å². The molecule has 2 unspecified atom stereocenters. The molecule has 1 fully saturated rings. The summed E-state index contributed by atoms with van der Waals surface area (Å²) in [4.78, 5) is 3.23. The summed E-state index contributed by atoms with van der Waals surface area (Å²) in [6, 6.07) is 0. The molecule has 0 aromatic heterocycles. The molecular weight excluding hydrogens is 248 g/mol. The van der Waals surface area contributed by atoms with E-state index in [9.17, 15) is 0 Å². The lowest BCUT2D eigenvalue weighted by Gasteiger charge is -2.35. The Morgan fingerprint density at radius 1 is 1.35 bits per heavy atom. The van der Waals surface area contributed by atoms with Crippen LogP contribution in [-0.4, -0.2) is 40.0 Å². The SMILES string of the molecule is CC1CN(CCCC(C)(C)C(N)=S)CC(C)S1. The zero-order chi connectivity index (χ0) is 13.1. The summed E-state index contributed by atoms with van der Waals surface area (Å²) < 4.78 is 0. The standard InChI is InChI=1S/C13H26N2S2/c1-10-8-15(9-11(2)17-10)7-5-6-13(3,4)12(14)16/h10-11H,5-9H2,1-4H3,(H2,14,16). The molecule has 1 aliphatic rings. The molecule has 1 aliphatic heterocycles. The van der Waals surface area contributed by atoms with Crippen molar-refractivity contribution >= 4 is 29.0 Å². The number of thiocarbonyl (C=S) groups is 1. The molecule has 0 aromatic rings. The van der Waals surface area contributed by atoms with Crippen LogP contribution in [-0.2, 0) is 0 Å². The molecule has 0 bridgehead atoms. The van der Waals surface area contributed by atoms with E-state index in [2.05, 4.69) is 44.4 Å². The second kappa shape index (κ2) is 6.39. The van der Waals surface area contributed by atoms with E-state index >= 15 is 0 Å². The Morgan fingerprint density at radius 3 is 2.35 bits per heavy atom. The van der Waals surface area contributed by atoms with E-state index in [0.717, 1.165) is 16.9 Å². The number of rotatable bonds is 5. The minimum absolute atomic E-state index is 0.0110. The first-order chi connectivity index (χ1) is 7.81. The van der Waals surface area contributed by atoms with Gasteiger partial charge in [-0.2, -0.15) is 11.8 Å². The highest BCUT2D eigenvalue weighted by atomic mass is 32.2. The van der Waals surface area contributed by atoms with Crippen molar-refractivity contribution in [1.29, 1.82) is 0 Å². The highest BCUT2D eigenvalue weighted by Crippen LogP contribution is 2.26. The Hall–Kier alpha value is 0.200. The highest BCUT2D eigenvalue weighted by molar-refractivity contribution is 8.00. The maximum atomic E-state index is 5.75. The van der Waals surface area contributed by atoms with E-state index in [4.69, 9.17) is 18.0 Å². The van der Waals surface area contributed by atoms with Crippen molar-refractivity contribution in [2.24, 2.45) is 11.1 Å². The van der Waals surface area contributed by atoms with Crippen LogP contribution >= 0.6 is 24.0 Å². The van der Waals surface area contributed by atoms with Crippen molar-refractivity contribution in [2.75, 3.05) is 19.6 Å². The monoisotopic (exact) mass is 274 g/mol.